The van der Waals surface area contributed by atoms with Crippen molar-refractivity contribution in [1.82, 2.24) is 10.2 Å². The van der Waals surface area contributed by atoms with E-state index in [1.165, 1.54) is 5.56 Å². The first-order valence-corrected chi connectivity index (χ1v) is 9.50. The van der Waals surface area contributed by atoms with Crippen LogP contribution in [0.1, 0.15) is 75.7 Å². The highest BCUT2D eigenvalue weighted by atomic mass is 16.2. The van der Waals surface area contributed by atoms with Gasteiger partial charge in [0.25, 0.3) is 5.91 Å². The van der Waals surface area contributed by atoms with Gasteiger partial charge >= 0.3 is 0 Å². The molecule has 1 aromatic rings. The van der Waals surface area contributed by atoms with Gasteiger partial charge < -0.3 is 10.2 Å². The second kappa shape index (κ2) is 8.50. The van der Waals surface area contributed by atoms with Crippen LogP contribution in [-0.2, 0) is 10.2 Å². The van der Waals surface area contributed by atoms with E-state index in [9.17, 15) is 9.59 Å². The largest absolute Gasteiger partial charge is 0.353 e. The molecule has 1 N–H and O–H groups in total. The third-order valence-corrected chi connectivity index (χ3v) is 4.90. The zero-order valence-electron chi connectivity index (χ0n) is 16.1. The van der Waals surface area contributed by atoms with Crippen LogP contribution in [0, 0.1) is 0 Å². The van der Waals surface area contributed by atoms with Crippen LogP contribution in [0.3, 0.4) is 0 Å². The number of unbranched alkanes of at least 4 members (excludes halogenated alkanes) is 1. The van der Waals surface area contributed by atoms with Gasteiger partial charge in [-0.2, -0.15) is 0 Å². The molecule has 4 heteroatoms. The lowest BCUT2D eigenvalue weighted by Crippen LogP contribution is -2.46. The second-order valence-corrected chi connectivity index (χ2v) is 8.06. The Labute approximate surface area is 152 Å². The average Bonchev–Trinajstić information content (AvgIpc) is 2.59. The molecule has 2 amide bonds. The maximum absolute atomic E-state index is 12.7. The van der Waals surface area contributed by atoms with E-state index in [1.54, 1.807) is 0 Å². The summed E-state index contributed by atoms with van der Waals surface area (Å²) in [5.74, 6) is 0.237. The van der Waals surface area contributed by atoms with Crippen molar-refractivity contribution in [2.24, 2.45) is 0 Å². The van der Waals surface area contributed by atoms with Crippen molar-refractivity contribution in [3.8, 4) is 0 Å². The van der Waals surface area contributed by atoms with Gasteiger partial charge in [-0.1, -0.05) is 46.2 Å². The molecule has 0 aromatic heterocycles. The number of benzene rings is 1. The highest BCUT2D eigenvalue weighted by Crippen LogP contribution is 2.23. The van der Waals surface area contributed by atoms with E-state index in [2.05, 4.69) is 33.0 Å². The van der Waals surface area contributed by atoms with E-state index >= 15 is 0 Å². The molecule has 0 bridgehead atoms. The quantitative estimate of drug-likeness (QED) is 0.881. The van der Waals surface area contributed by atoms with Crippen LogP contribution in [0.15, 0.2) is 24.3 Å². The van der Waals surface area contributed by atoms with E-state index < -0.39 is 0 Å². The average molecular weight is 344 g/mol. The molecule has 1 aliphatic heterocycles. The van der Waals surface area contributed by atoms with Crippen LogP contribution in [0.5, 0.6) is 0 Å². The SMILES string of the molecule is CCCCC(=O)NC1CCN(C(=O)c2ccc(C(C)(C)C)cc2)CC1. The molecule has 1 saturated heterocycles. The van der Waals surface area contributed by atoms with Gasteiger partial charge in [0, 0.05) is 31.1 Å². The number of hydrogen-bond donors (Lipinski definition) is 1. The Bertz CT molecular complexity index is 579. The molecule has 138 valence electrons. The number of piperidine rings is 1. The maximum atomic E-state index is 12.7. The Morgan fingerprint density at radius 3 is 2.24 bits per heavy atom. The number of likely N-dealkylation sites (tertiary alicyclic amines) is 1. The first-order valence-electron chi connectivity index (χ1n) is 9.50. The summed E-state index contributed by atoms with van der Waals surface area (Å²) in [6.45, 7) is 10.0. The van der Waals surface area contributed by atoms with Gasteiger partial charge in [0.15, 0.2) is 0 Å². The number of nitrogens with zero attached hydrogens (tertiary/aromatic N) is 1. The van der Waals surface area contributed by atoms with Crippen LogP contribution in [0.2, 0.25) is 0 Å². The molecule has 0 aliphatic carbocycles. The Kier molecular flexibility index (Phi) is 6.63. The van der Waals surface area contributed by atoms with Crippen molar-refractivity contribution in [3.05, 3.63) is 35.4 Å². The van der Waals surface area contributed by atoms with Gasteiger partial charge in [0.05, 0.1) is 0 Å². The minimum absolute atomic E-state index is 0.0932. The smallest absolute Gasteiger partial charge is 0.253 e. The summed E-state index contributed by atoms with van der Waals surface area (Å²) >= 11 is 0. The fraction of sp³-hybridized carbons (Fsp3) is 0.619. The number of carbonyl (C=O) groups is 2. The molecule has 0 unspecified atom stereocenters. The summed E-state index contributed by atoms with van der Waals surface area (Å²) in [4.78, 5) is 26.4. The van der Waals surface area contributed by atoms with Crippen LogP contribution < -0.4 is 5.32 Å². The molecule has 25 heavy (non-hydrogen) atoms. The molecule has 4 nitrogen and oxygen atoms in total. The first kappa shape index (κ1) is 19.5. The summed E-state index contributed by atoms with van der Waals surface area (Å²) in [5.41, 5.74) is 2.08. The van der Waals surface area contributed by atoms with Gasteiger partial charge in [-0.05, 0) is 42.4 Å². The standard InChI is InChI=1S/C21H32N2O2/c1-5-6-7-19(24)22-18-12-14-23(15-13-18)20(25)16-8-10-17(11-9-16)21(2,3)4/h8-11,18H,5-7,12-15H2,1-4H3,(H,22,24). The third kappa shape index (κ3) is 5.58. The van der Waals surface area contributed by atoms with Gasteiger partial charge in [-0.25, -0.2) is 0 Å². The van der Waals surface area contributed by atoms with Gasteiger partial charge in [0.1, 0.15) is 0 Å². The zero-order valence-corrected chi connectivity index (χ0v) is 16.1. The van der Waals surface area contributed by atoms with Crippen LogP contribution in [-0.4, -0.2) is 35.8 Å². The highest BCUT2D eigenvalue weighted by molar-refractivity contribution is 5.94. The molecule has 0 radical (unpaired) electrons. The molecule has 1 aromatic carbocycles. The monoisotopic (exact) mass is 344 g/mol. The van der Waals surface area contributed by atoms with E-state index in [1.807, 2.05) is 29.2 Å². The summed E-state index contributed by atoms with van der Waals surface area (Å²) in [6.07, 6.45) is 4.26. The molecule has 1 fully saturated rings. The Balaban J connectivity index is 1.86. The fourth-order valence-electron chi connectivity index (χ4n) is 3.16. The van der Waals surface area contributed by atoms with Crippen molar-refractivity contribution in [2.45, 2.75) is 71.3 Å². The van der Waals surface area contributed by atoms with E-state index in [4.69, 9.17) is 0 Å². The summed E-state index contributed by atoms with van der Waals surface area (Å²) in [7, 11) is 0. The van der Waals surface area contributed by atoms with Crippen LogP contribution in [0.25, 0.3) is 0 Å². The number of nitrogens with one attached hydrogen (secondary N) is 1. The van der Waals surface area contributed by atoms with Crippen molar-refractivity contribution < 1.29 is 9.59 Å². The maximum Gasteiger partial charge on any atom is 0.253 e. The van der Waals surface area contributed by atoms with E-state index in [0.29, 0.717) is 19.5 Å². The Morgan fingerprint density at radius 1 is 1.12 bits per heavy atom. The van der Waals surface area contributed by atoms with Gasteiger partial charge in [-0.15, -0.1) is 0 Å². The van der Waals surface area contributed by atoms with Crippen molar-refractivity contribution in [3.63, 3.8) is 0 Å². The summed E-state index contributed by atoms with van der Waals surface area (Å²) in [5, 5.41) is 3.10. The number of amides is 2. The van der Waals surface area contributed by atoms with Crippen LogP contribution in [0.4, 0.5) is 0 Å². The number of rotatable bonds is 5. The van der Waals surface area contributed by atoms with Crippen LogP contribution >= 0.6 is 0 Å². The zero-order chi connectivity index (χ0) is 18.4. The topological polar surface area (TPSA) is 49.4 Å². The normalized spacial score (nSPS) is 15.9. The number of carbonyl (C=O) groups excluding carboxylic acids is 2. The summed E-state index contributed by atoms with van der Waals surface area (Å²) in [6, 6.07) is 8.17. The minimum atomic E-state index is 0.0932. The lowest BCUT2D eigenvalue weighted by molar-refractivity contribution is -0.122. The Hall–Kier alpha value is -1.84. The van der Waals surface area contributed by atoms with E-state index in [-0.39, 0.29) is 23.3 Å². The first-order chi connectivity index (χ1) is 11.8. The predicted octanol–water partition coefficient (Wildman–Crippen LogP) is 3.90. The van der Waals surface area contributed by atoms with Gasteiger partial charge in [0.2, 0.25) is 5.91 Å². The highest BCUT2D eigenvalue weighted by Gasteiger charge is 2.24. The molecule has 1 heterocycles. The summed E-state index contributed by atoms with van der Waals surface area (Å²) < 4.78 is 0. The molecular formula is C21H32N2O2. The fourth-order valence-corrected chi connectivity index (χ4v) is 3.16. The third-order valence-electron chi connectivity index (χ3n) is 4.90. The van der Waals surface area contributed by atoms with Crippen molar-refractivity contribution in [2.75, 3.05) is 13.1 Å². The molecule has 0 spiro atoms. The molecule has 0 atom stereocenters. The van der Waals surface area contributed by atoms with E-state index in [0.717, 1.165) is 31.2 Å². The molecule has 2 rings (SSSR count). The molecule has 0 saturated carbocycles. The molecule has 1 aliphatic rings. The second-order valence-electron chi connectivity index (χ2n) is 8.06. The molecular weight excluding hydrogens is 312 g/mol. The minimum Gasteiger partial charge on any atom is -0.353 e. The lowest BCUT2D eigenvalue weighted by atomic mass is 9.86. The Morgan fingerprint density at radius 2 is 1.72 bits per heavy atom. The lowest BCUT2D eigenvalue weighted by Gasteiger charge is -2.32. The van der Waals surface area contributed by atoms with Crippen molar-refractivity contribution >= 4 is 11.8 Å². The predicted molar refractivity (Wildman–Crippen MR) is 102 cm³/mol. The number of hydrogen-bond acceptors (Lipinski definition) is 2. The van der Waals surface area contributed by atoms with Gasteiger partial charge in [-0.3, -0.25) is 9.59 Å². The van der Waals surface area contributed by atoms with Crippen molar-refractivity contribution in [1.29, 1.82) is 0 Å².